The molecule has 0 unspecified atom stereocenters. The summed E-state index contributed by atoms with van der Waals surface area (Å²) in [6.07, 6.45) is 2.74. The molecule has 0 saturated heterocycles. The van der Waals surface area contributed by atoms with E-state index in [1.165, 1.54) is 12.2 Å². The van der Waals surface area contributed by atoms with E-state index in [0.717, 1.165) is 6.54 Å². The van der Waals surface area contributed by atoms with Gasteiger partial charge in [-0.05, 0) is 50.5 Å². The lowest BCUT2D eigenvalue weighted by Gasteiger charge is -2.14. The van der Waals surface area contributed by atoms with E-state index in [0.29, 0.717) is 34.4 Å². The molecule has 138 valence electrons. The summed E-state index contributed by atoms with van der Waals surface area (Å²) in [7, 11) is 3.94. The van der Waals surface area contributed by atoms with Crippen LogP contribution < -0.4 is 15.0 Å². The van der Waals surface area contributed by atoms with Crippen LogP contribution in [0.3, 0.4) is 0 Å². The molecule has 1 amide bonds. The molecule has 0 radical (unpaired) electrons. The Balaban J connectivity index is 2.25. The fraction of sp³-hybridized carbons (Fsp3) is 0.211. The first kappa shape index (κ1) is 19.8. The summed E-state index contributed by atoms with van der Waals surface area (Å²) in [6.45, 7) is 1.31. The van der Waals surface area contributed by atoms with Crippen LogP contribution in [0.25, 0.3) is 6.08 Å². The van der Waals surface area contributed by atoms with E-state index in [1.807, 2.05) is 19.0 Å². The third kappa shape index (κ3) is 6.40. The van der Waals surface area contributed by atoms with Crippen molar-refractivity contribution in [1.82, 2.24) is 10.4 Å². The van der Waals surface area contributed by atoms with Crippen molar-refractivity contribution < 1.29 is 19.5 Å². The molecule has 0 fully saturated rings. The van der Waals surface area contributed by atoms with Crippen molar-refractivity contribution >= 4 is 23.6 Å². The Morgan fingerprint density at radius 2 is 2.04 bits per heavy atom. The van der Waals surface area contributed by atoms with Gasteiger partial charge in [0.05, 0.1) is 0 Å². The molecule has 0 atom stereocenters. The van der Waals surface area contributed by atoms with Gasteiger partial charge in [0.25, 0.3) is 5.91 Å². The van der Waals surface area contributed by atoms with Crippen LogP contribution in [0.1, 0.15) is 5.56 Å². The second-order valence-corrected chi connectivity index (χ2v) is 6.16. The first-order valence-electron chi connectivity index (χ1n) is 7.95. The van der Waals surface area contributed by atoms with E-state index < -0.39 is 5.91 Å². The number of carbonyl (C=O) groups is 1. The highest BCUT2D eigenvalue weighted by Gasteiger charge is 2.07. The Hall–Kier alpha value is -2.54. The number of nitrogens with one attached hydrogen (secondary N) is 1. The van der Waals surface area contributed by atoms with Gasteiger partial charge in [-0.3, -0.25) is 10.0 Å². The van der Waals surface area contributed by atoms with Gasteiger partial charge in [0.2, 0.25) is 0 Å². The average molecular weight is 377 g/mol. The van der Waals surface area contributed by atoms with E-state index >= 15 is 0 Å². The third-order valence-electron chi connectivity index (χ3n) is 3.34. The summed E-state index contributed by atoms with van der Waals surface area (Å²) in [5.41, 5.74) is 2.20. The summed E-state index contributed by atoms with van der Waals surface area (Å²) in [5.74, 6) is 1.07. The summed E-state index contributed by atoms with van der Waals surface area (Å²) >= 11 is 6.00. The van der Waals surface area contributed by atoms with Gasteiger partial charge in [0.1, 0.15) is 23.9 Å². The van der Waals surface area contributed by atoms with Crippen molar-refractivity contribution in [3.05, 3.63) is 59.1 Å². The number of carbonyl (C=O) groups excluding carboxylic acids is 1. The normalized spacial score (nSPS) is 11.0. The second-order valence-electron chi connectivity index (χ2n) is 5.72. The zero-order chi connectivity index (χ0) is 18.9. The molecule has 2 aromatic rings. The zero-order valence-electron chi connectivity index (χ0n) is 14.6. The molecule has 0 heterocycles. The topological polar surface area (TPSA) is 71.0 Å². The molecule has 6 nitrogen and oxygen atoms in total. The molecule has 2 rings (SSSR count). The summed E-state index contributed by atoms with van der Waals surface area (Å²) in [4.78, 5) is 13.3. The number of hydrogen-bond acceptors (Lipinski definition) is 5. The maximum atomic E-state index is 11.2. The van der Waals surface area contributed by atoms with Crippen molar-refractivity contribution in [1.29, 1.82) is 0 Å². The van der Waals surface area contributed by atoms with Gasteiger partial charge in [0, 0.05) is 29.3 Å². The Morgan fingerprint density at radius 3 is 2.73 bits per heavy atom. The van der Waals surface area contributed by atoms with E-state index in [1.54, 1.807) is 47.9 Å². The highest BCUT2D eigenvalue weighted by Crippen LogP contribution is 2.31. The lowest BCUT2D eigenvalue weighted by Crippen LogP contribution is -2.19. The first-order valence-corrected chi connectivity index (χ1v) is 8.33. The predicted molar refractivity (Wildman–Crippen MR) is 101 cm³/mol. The van der Waals surface area contributed by atoms with Crippen molar-refractivity contribution in [3.8, 4) is 17.2 Å². The number of likely N-dealkylation sites (N-methyl/N-ethyl adjacent to an activating group) is 1. The van der Waals surface area contributed by atoms with Crippen molar-refractivity contribution in [2.75, 3.05) is 27.2 Å². The minimum atomic E-state index is -0.634. The molecule has 0 bridgehead atoms. The molecule has 0 saturated carbocycles. The van der Waals surface area contributed by atoms with E-state index in [2.05, 4.69) is 0 Å². The van der Waals surface area contributed by atoms with Crippen LogP contribution >= 0.6 is 11.6 Å². The molecule has 0 aliphatic carbocycles. The van der Waals surface area contributed by atoms with Crippen molar-refractivity contribution in [3.63, 3.8) is 0 Å². The Bertz CT molecular complexity index is 778. The highest BCUT2D eigenvalue weighted by molar-refractivity contribution is 6.30. The fourth-order valence-corrected chi connectivity index (χ4v) is 2.22. The minimum Gasteiger partial charge on any atom is -0.492 e. The second kappa shape index (κ2) is 9.82. The van der Waals surface area contributed by atoms with Gasteiger partial charge >= 0.3 is 0 Å². The van der Waals surface area contributed by atoms with Gasteiger partial charge in [-0.1, -0.05) is 17.7 Å². The quantitative estimate of drug-likeness (QED) is 0.418. The summed E-state index contributed by atoms with van der Waals surface area (Å²) in [6, 6.07) is 12.3. The molecule has 0 aromatic heterocycles. The number of amides is 1. The Kier molecular flexibility index (Phi) is 7.47. The number of hydrogen-bond donors (Lipinski definition) is 2. The largest absolute Gasteiger partial charge is 0.492 e. The van der Waals surface area contributed by atoms with E-state index in [4.69, 9.17) is 26.3 Å². The van der Waals surface area contributed by atoms with Gasteiger partial charge in [-0.25, -0.2) is 5.48 Å². The smallest absolute Gasteiger partial charge is 0.267 e. The van der Waals surface area contributed by atoms with Gasteiger partial charge in [-0.15, -0.1) is 0 Å². The Labute approximate surface area is 157 Å². The monoisotopic (exact) mass is 376 g/mol. The molecule has 2 N–H and O–H groups in total. The molecular weight excluding hydrogens is 356 g/mol. The molecule has 26 heavy (non-hydrogen) atoms. The lowest BCUT2D eigenvalue weighted by atomic mass is 10.1. The van der Waals surface area contributed by atoms with Crippen LogP contribution in [0, 0.1) is 0 Å². The minimum absolute atomic E-state index is 0.497. The molecule has 0 spiro atoms. The lowest BCUT2D eigenvalue weighted by molar-refractivity contribution is -0.124. The maximum absolute atomic E-state index is 11.2. The van der Waals surface area contributed by atoms with Crippen LogP contribution in [-0.2, 0) is 4.79 Å². The van der Waals surface area contributed by atoms with Crippen molar-refractivity contribution in [2.24, 2.45) is 0 Å². The molecule has 7 heteroatoms. The van der Waals surface area contributed by atoms with Crippen LogP contribution in [0.2, 0.25) is 5.02 Å². The molecular formula is C19H21ClN2O4. The Morgan fingerprint density at radius 1 is 1.23 bits per heavy atom. The number of hydroxylamine groups is 1. The maximum Gasteiger partial charge on any atom is 0.267 e. The van der Waals surface area contributed by atoms with Crippen LogP contribution in [-0.4, -0.2) is 43.3 Å². The number of ether oxygens (including phenoxy) is 2. The molecule has 0 aliphatic rings. The van der Waals surface area contributed by atoms with Gasteiger partial charge in [0.15, 0.2) is 0 Å². The average Bonchev–Trinajstić information content (AvgIpc) is 2.60. The van der Waals surface area contributed by atoms with Gasteiger partial charge in [-0.2, -0.15) is 0 Å². The standard InChI is InChI=1S/C19H21ClN2O4/c1-22(2)10-11-25-16-8-6-14(7-9-19(23)21-24)18(13-16)26-17-5-3-4-15(20)12-17/h3-9,12-13,24H,10-11H2,1-2H3,(H,21,23). The molecule has 0 aliphatic heterocycles. The summed E-state index contributed by atoms with van der Waals surface area (Å²) in [5, 5.41) is 9.17. The predicted octanol–water partition coefficient (Wildman–Crippen LogP) is 3.59. The SMILES string of the molecule is CN(C)CCOc1ccc(C=CC(=O)NO)c(Oc2cccc(Cl)c2)c1. The fourth-order valence-electron chi connectivity index (χ4n) is 2.04. The zero-order valence-corrected chi connectivity index (χ0v) is 15.4. The van der Waals surface area contributed by atoms with E-state index in [-0.39, 0.29) is 0 Å². The first-order chi connectivity index (χ1) is 12.5. The number of halogens is 1. The van der Waals surface area contributed by atoms with Crippen LogP contribution in [0.5, 0.6) is 17.2 Å². The molecule has 2 aromatic carbocycles. The third-order valence-corrected chi connectivity index (χ3v) is 3.58. The number of nitrogens with zero attached hydrogens (tertiary/aromatic N) is 1. The summed E-state index contributed by atoms with van der Waals surface area (Å²) < 4.78 is 11.6. The van der Waals surface area contributed by atoms with Crippen molar-refractivity contribution in [2.45, 2.75) is 0 Å². The number of rotatable bonds is 8. The van der Waals surface area contributed by atoms with Gasteiger partial charge < -0.3 is 14.4 Å². The van der Waals surface area contributed by atoms with E-state index in [9.17, 15) is 4.79 Å². The highest BCUT2D eigenvalue weighted by atomic mass is 35.5. The number of benzene rings is 2. The van der Waals surface area contributed by atoms with Crippen LogP contribution in [0.15, 0.2) is 48.5 Å². The van der Waals surface area contributed by atoms with Crippen LogP contribution in [0.4, 0.5) is 0 Å².